The first-order valence-corrected chi connectivity index (χ1v) is 5.72. The second-order valence-electron chi connectivity index (χ2n) is 4.02. The Balaban J connectivity index is 2.39. The fourth-order valence-corrected chi connectivity index (χ4v) is 1.69. The molecule has 2 aromatic rings. The first-order valence-electron chi connectivity index (χ1n) is 5.34. The summed E-state index contributed by atoms with van der Waals surface area (Å²) in [6.45, 7) is 3.49. The summed E-state index contributed by atoms with van der Waals surface area (Å²) < 4.78 is 44.1. The molecule has 0 aliphatic rings. The van der Waals surface area contributed by atoms with E-state index in [9.17, 15) is 13.2 Å². The number of benzene rings is 1. The largest absolute Gasteiger partial charge is 0.436 e. The molecule has 19 heavy (non-hydrogen) atoms. The zero-order valence-corrected chi connectivity index (χ0v) is 10.9. The van der Waals surface area contributed by atoms with Gasteiger partial charge in [-0.15, -0.1) is 0 Å². The molecule has 6 heteroatoms. The van der Waals surface area contributed by atoms with Crippen molar-refractivity contribution in [1.82, 2.24) is 4.98 Å². The molecule has 0 aliphatic carbocycles. The molecule has 0 unspecified atom stereocenters. The van der Waals surface area contributed by atoms with Gasteiger partial charge < -0.3 is 4.74 Å². The second-order valence-corrected chi connectivity index (χ2v) is 4.40. The Labute approximate surface area is 112 Å². The van der Waals surface area contributed by atoms with Gasteiger partial charge in [0.1, 0.15) is 5.75 Å². The number of nitrogens with zero attached hydrogens (tertiary/aromatic N) is 1. The first kappa shape index (κ1) is 13.7. The van der Waals surface area contributed by atoms with Crippen LogP contribution in [0.1, 0.15) is 11.1 Å². The molecule has 2 rings (SSSR count). The minimum Gasteiger partial charge on any atom is -0.436 e. The molecule has 0 atom stereocenters. The Kier molecular flexibility index (Phi) is 3.66. The van der Waals surface area contributed by atoms with E-state index < -0.39 is 23.5 Å². The van der Waals surface area contributed by atoms with E-state index in [1.54, 1.807) is 26.0 Å². The molecule has 100 valence electrons. The highest BCUT2D eigenvalue weighted by molar-refractivity contribution is 6.32. The van der Waals surface area contributed by atoms with E-state index in [4.69, 9.17) is 16.3 Å². The minimum atomic E-state index is -1.42. The Morgan fingerprint density at radius 3 is 2.16 bits per heavy atom. The molecule has 0 saturated carbocycles. The normalized spacial score (nSPS) is 10.6. The van der Waals surface area contributed by atoms with E-state index in [-0.39, 0.29) is 5.75 Å². The third-order valence-electron chi connectivity index (χ3n) is 2.48. The molecule has 0 fully saturated rings. The number of hydrogen-bond acceptors (Lipinski definition) is 2. The lowest BCUT2D eigenvalue weighted by atomic mass is 10.1. The summed E-state index contributed by atoms with van der Waals surface area (Å²) in [6, 6.07) is 3.49. The number of rotatable bonds is 2. The van der Waals surface area contributed by atoms with Gasteiger partial charge in [-0.05, 0) is 37.1 Å². The third kappa shape index (κ3) is 2.81. The third-order valence-corrected chi connectivity index (χ3v) is 3.08. The average Bonchev–Trinajstić information content (AvgIpc) is 2.33. The highest BCUT2D eigenvalue weighted by atomic mass is 35.5. The van der Waals surface area contributed by atoms with Gasteiger partial charge in [0.25, 0.3) is 11.8 Å². The van der Waals surface area contributed by atoms with Gasteiger partial charge in [-0.2, -0.15) is 9.37 Å². The molecule has 1 aromatic heterocycles. The quantitative estimate of drug-likeness (QED) is 0.755. The van der Waals surface area contributed by atoms with Crippen LogP contribution < -0.4 is 4.74 Å². The van der Waals surface area contributed by atoms with Crippen LogP contribution in [0, 0.1) is 31.4 Å². The van der Waals surface area contributed by atoms with Crippen LogP contribution in [0.4, 0.5) is 13.2 Å². The lowest BCUT2D eigenvalue weighted by Crippen LogP contribution is -1.98. The topological polar surface area (TPSA) is 22.1 Å². The van der Waals surface area contributed by atoms with Crippen molar-refractivity contribution in [2.75, 3.05) is 0 Å². The number of hydrogen-bond donors (Lipinski definition) is 0. The Hall–Kier alpha value is -1.75. The van der Waals surface area contributed by atoms with Crippen LogP contribution in [0.2, 0.25) is 5.02 Å². The standard InChI is InChI=1S/C13H9ClF3NO/c1-6-3-8(4-7(2)11(6)14)19-13-10(16)5-9(15)12(17)18-13/h3-5H,1-2H3. The highest BCUT2D eigenvalue weighted by Gasteiger charge is 2.14. The van der Waals surface area contributed by atoms with Crippen molar-refractivity contribution in [2.24, 2.45) is 0 Å². The smallest absolute Gasteiger partial charge is 0.258 e. The average molecular weight is 288 g/mol. The van der Waals surface area contributed by atoms with Gasteiger partial charge in [0.15, 0.2) is 11.6 Å². The summed E-state index contributed by atoms with van der Waals surface area (Å²) in [5, 5.41) is 0.561. The lowest BCUT2D eigenvalue weighted by Gasteiger charge is -2.09. The second kappa shape index (κ2) is 5.09. The van der Waals surface area contributed by atoms with Crippen LogP contribution in [0.25, 0.3) is 0 Å². The van der Waals surface area contributed by atoms with Crippen LogP contribution in [-0.2, 0) is 0 Å². The maximum Gasteiger partial charge on any atom is 0.258 e. The molecule has 0 bridgehead atoms. The lowest BCUT2D eigenvalue weighted by molar-refractivity contribution is 0.387. The number of pyridine rings is 1. The molecule has 1 aromatic carbocycles. The van der Waals surface area contributed by atoms with Crippen LogP contribution >= 0.6 is 11.6 Å². The SMILES string of the molecule is Cc1cc(Oc2nc(F)c(F)cc2F)cc(C)c1Cl. The van der Waals surface area contributed by atoms with E-state index >= 15 is 0 Å². The van der Waals surface area contributed by atoms with Gasteiger partial charge in [0, 0.05) is 11.1 Å². The highest BCUT2D eigenvalue weighted by Crippen LogP contribution is 2.29. The number of ether oxygens (including phenoxy) is 1. The molecule has 0 saturated heterocycles. The zero-order valence-electron chi connectivity index (χ0n) is 10.1. The van der Waals surface area contributed by atoms with E-state index in [1.165, 1.54) is 0 Å². The van der Waals surface area contributed by atoms with E-state index in [1.807, 2.05) is 0 Å². The molecule has 0 amide bonds. The van der Waals surface area contributed by atoms with Gasteiger partial charge in [-0.3, -0.25) is 0 Å². The van der Waals surface area contributed by atoms with Crippen LogP contribution in [0.5, 0.6) is 11.6 Å². The first-order chi connectivity index (χ1) is 8.88. The fraction of sp³-hybridized carbons (Fsp3) is 0.154. The zero-order chi connectivity index (χ0) is 14.2. The molecule has 1 heterocycles. The number of halogens is 4. The van der Waals surface area contributed by atoms with Crippen LogP contribution in [0.3, 0.4) is 0 Å². The van der Waals surface area contributed by atoms with Gasteiger partial charge >= 0.3 is 0 Å². The van der Waals surface area contributed by atoms with Crippen molar-refractivity contribution < 1.29 is 17.9 Å². The summed E-state index contributed by atoms with van der Waals surface area (Å²) in [5.41, 5.74) is 1.44. The monoisotopic (exact) mass is 287 g/mol. The van der Waals surface area contributed by atoms with Crippen molar-refractivity contribution in [2.45, 2.75) is 13.8 Å². The summed E-state index contributed by atoms with van der Waals surface area (Å²) in [4.78, 5) is 3.08. The molecule has 0 radical (unpaired) electrons. The molecule has 0 spiro atoms. The number of aryl methyl sites for hydroxylation is 2. The van der Waals surface area contributed by atoms with Gasteiger partial charge in [0.2, 0.25) is 0 Å². The van der Waals surface area contributed by atoms with Crippen LogP contribution in [0.15, 0.2) is 18.2 Å². The Bertz CT molecular complexity index is 623. The molecule has 2 nitrogen and oxygen atoms in total. The van der Waals surface area contributed by atoms with Crippen molar-refractivity contribution in [3.8, 4) is 11.6 Å². The van der Waals surface area contributed by atoms with Gasteiger partial charge in [-0.1, -0.05) is 11.6 Å². The van der Waals surface area contributed by atoms with Crippen LogP contribution in [-0.4, -0.2) is 4.98 Å². The van der Waals surface area contributed by atoms with Crippen molar-refractivity contribution in [3.63, 3.8) is 0 Å². The number of aromatic nitrogens is 1. The molecule has 0 N–H and O–H groups in total. The predicted octanol–water partition coefficient (Wildman–Crippen LogP) is 4.56. The van der Waals surface area contributed by atoms with E-state index in [0.29, 0.717) is 11.1 Å². The summed E-state index contributed by atoms with van der Waals surface area (Å²) in [6.07, 6.45) is 0. The van der Waals surface area contributed by atoms with Crippen molar-refractivity contribution >= 4 is 11.6 Å². The predicted molar refractivity (Wildman–Crippen MR) is 65.1 cm³/mol. The summed E-state index contributed by atoms with van der Waals surface area (Å²) >= 11 is 5.98. The fourth-order valence-electron chi connectivity index (χ4n) is 1.58. The summed E-state index contributed by atoms with van der Waals surface area (Å²) in [5.74, 6) is -4.24. The van der Waals surface area contributed by atoms with Crippen molar-refractivity contribution in [3.05, 3.63) is 51.9 Å². The Morgan fingerprint density at radius 1 is 1.00 bits per heavy atom. The van der Waals surface area contributed by atoms with Gasteiger partial charge in [0.05, 0.1) is 0 Å². The molecular formula is C13H9ClF3NO. The molecule has 0 aliphatic heterocycles. The maximum absolute atomic E-state index is 13.4. The minimum absolute atomic E-state index is 0.247. The van der Waals surface area contributed by atoms with Crippen molar-refractivity contribution in [1.29, 1.82) is 0 Å². The van der Waals surface area contributed by atoms with E-state index in [0.717, 1.165) is 11.1 Å². The molecular weight excluding hydrogens is 279 g/mol. The van der Waals surface area contributed by atoms with E-state index in [2.05, 4.69) is 4.98 Å². The van der Waals surface area contributed by atoms with Gasteiger partial charge in [-0.25, -0.2) is 8.78 Å². The Morgan fingerprint density at radius 2 is 1.58 bits per heavy atom. The summed E-state index contributed by atoms with van der Waals surface area (Å²) in [7, 11) is 0. The maximum atomic E-state index is 13.4.